The van der Waals surface area contributed by atoms with Gasteiger partial charge < -0.3 is 24.4 Å². The van der Waals surface area contributed by atoms with Gasteiger partial charge in [-0.15, -0.1) is 0 Å². The van der Waals surface area contributed by atoms with E-state index in [1.807, 2.05) is 38.1 Å². The molecule has 0 radical (unpaired) electrons. The molecule has 2 N–H and O–H groups in total. The summed E-state index contributed by atoms with van der Waals surface area (Å²) < 4.78 is 46.0. The summed E-state index contributed by atoms with van der Waals surface area (Å²) in [6.45, 7) is 6.05. The van der Waals surface area contributed by atoms with Gasteiger partial charge in [-0.25, -0.2) is 8.42 Å². The van der Waals surface area contributed by atoms with E-state index >= 15 is 0 Å². The van der Waals surface area contributed by atoms with E-state index in [4.69, 9.17) is 14.2 Å². The van der Waals surface area contributed by atoms with E-state index in [1.54, 1.807) is 25.1 Å². The monoisotopic (exact) mass is 597 g/mol. The zero-order valence-electron chi connectivity index (χ0n) is 23.8. The fourth-order valence-electron chi connectivity index (χ4n) is 5.05. The third kappa shape index (κ3) is 6.75. The van der Waals surface area contributed by atoms with Gasteiger partial charge in [-0.1, -0.05) is 12.1 Å². The smallest absolute Gasteiger partial charge is 0.254 e. The highest BCUT2D eigenvalue weighted by molar-refractivity contribution is 7.89. The Labute approximate surface area is 245 Å². The molecule has 2 aliphatic rings. The van der Waals surface area contributed by atoms with Gasteiger partial charge in [-0.3, -0.25) is 14.7 Å². The first-order chi connectivity index (χ1) is 20.1. The van der Waals surface area contributed by atoms with Crippen molar-refractivity contribution < 1.29 is 32.2 Å². The van der Waals surface area contributed by atoms with E-state index in [0.29, 0.717) is 29.2 Å². The van der Waals surface area contributed by atoms with E-state index < -0.39 is 28.1 Å². The van der Waals surface area contributed by atoms with E-state index in [2.05, 4.69) is 15.5 Å². The second kappa shape index (κ2) is 12.5. The van der Waals surface area contributed by atoms with Crippen LogP contribution in [0.4, 0.5) is 0 Å². The summed E-state index contributed by atoms with van der Waals surface area (Å²) in [5, 5.41) is 9.24. The Morgan fingerprint density at radius 3 is 2.71 bits per heavy atom. The molecule has 2 aliphatic heterocycles. The number of hydrogen-bond donors (Lipinski definition) is 2. The number of rotatable bonds is 5. The van der Waals surface area contributed by atoms with Gasteiger partial charge in [0.2, 0.25) is 15.9 Å². The Hall–Kier alpha value is -3.94. The first-order valence-corrected chi connectivity index (χ1v) is 15.3. The fourth-order valence-corrected chi connectivity index (χ4v) is 6.44. The van der Waals surface area contributed by atoms with Crippen molar-refractivity contribution in [1.82, 2.24) is 24.7 Å². The predicted molar refractivity (Wildman–Crippen MR) is 153 cm³/mol. The summed E-state index contributed by atoms with van der Waals surface area (Å²) in [5.74, 6) is 0.658. The molecule has 5 rings (SSSR count). The number of amides is 2. The number of ether oxygens (including phenoxy) is 3. The lowest BCUT2D eigenvalue weighted by Gasteiger charge is -2.38. The highest BCUT2D eigenvalue weighted by atomic mass is 32.2. The molecule has 3 heterocycles. The van der Waals surface area contributed by atoms with Gasteiger partial charge in [0.15, 0.2) is 0 Å². The minimum atomic E-state index is -3.83. The number of likely N-dealkylation sites (N-methyl/N-ethyl adjacent to an activating group) is 1. The zero-order valence-corrected chi connectivity index (χ0v) is 24.6. The second-order valence-corrected chi connectivity index (χ2v) is 12.5. The number of aromatic amines is 1. The maximum Gasteiger partial charge on any atom is 0.254 e. The molecule has 1 saturated heterocycles. The molecular formula is C29H35N5O7S. The minimum absolute atomic E-state index is 0.00505. The number of sulfonamides is 1. The van der Waals surface area contributed by atoms with Crippen LogP contribution in [-0.2, 0) is 26.2 Å². The van der Waals surface area contributed by atoms with Crippen molar-refractivity contribution in [1.29, 1.82) is 0 Å². The van der Waals surface area contributed by atoms with Gasteiger partial charge in [0.25, 0.3) is 5.91 Å². The van der Waals surface area contributed by atoms with Crippen LogP contribution in [0.15, 0.2) is 59.8 Å². The number of nitrogens with one attached hydrogen (secondary N) is 2. The molecule has 0 unspecified atom stereocenters. The molecule has 4 bridgehead atoms. The molecule has 2 amide bonds. The fraction of sp³-hybridized carbons (Fsp3) is 0.414. The minimum Gasteiger partial charge on any atom is -0.491 e. The van der Waals surface area contributed by atoms with Crippen LogP contribution in [0.3, 0.4) is 0 Å². The van der Waals surface area contributed by atoms with E-state index in [1.165, 1.54) is 21.6 Å². The van der Waals surface area contributed by atoms with Crippen molar-refractivity contribution in [2.75, 3.05) is 26.2 Å². The molecular weight excluding hydrogens is 562 g/mol. The molecule has 12 nitrogen and oxygen atoms in total. The number of fused-ring (bicyclic) bond motifs is 5. The van der Waals surface area contributed by atoms with Crippen molar-refractivity contribution in [2.24, 2.45) is 0 Å². The van der Waals surface area contributed by atoms with Gasteiger partial charge in [-0.05, 0) is 57.0 Å². The molecule has 2 aromatic carbocycles. The topological polar surface area (TPSA) is 143 Å². The Morgan fingerprint density at radius 2 is 1.98 bits per heavy atom. The number of nitrogens with zero attached hydrogens (tertiary/aromatic N) is 3. The zero-order chi connectivity index (χ0) is 29.9. The summed E-state index contributed by atoms with van der Waals surface area (Å²) in [6.07, 6.45) is 2.34. The third-order valence-electron chi connectivity index (χ3n) is 7.07. The summed E-state index contributed by atoms with van der Waals surface area (Å²) in [7, 11) is -3.83. The van der Waals surface area contributed by atoms with Crippen LogP contribution >= 0.6 is 0 Å². The van der Waals surface area contributed by atoms with Crippen molar-refractivity contribution in [3.05, 3.63) is 66.0 Å². The number of H-pyrrole nitrogens is 1. The quantitative estimate of drug-likeness (QED) is 0.457. The van der Waals surface area contributed by atoms with Crippen LogP contribution < -0.4 is 14.8 Å². The molecule has 0 spiro atoms. The van der Waals surface area contributed by atoms with Crippen LogP contribution in [0.25, 0.3) is 0 Å². The van der Waals surface area contributed by atoms with Crippen LogP contribution in [0.5, 0.6) is 17.2 Å². The first-order valence-electron chi connectivity index (χ1n) is 13.9. The second-order valence-electron chi connectivity index (χ2n) is 10.5. The number of aromatic nitrogens is 2. The molecule has 1 aromatic heterocycles. The molecule has 0 aliphatic carbocycles. The Bertz CT molecular complexity index is 1530. The average molecular weight is 598 g/mol. The molecule has 2 atom stereocenters. The molecule has 42 heavy (non-hydrogen) atoms. The van der Waals surface area contributed by atoms with Crippen molar-refractivity contribution in [3.8, 4) is 17.2 Å². The van der Waals surface area contributed by atoms with Crippen LogP contribution in [0.2, 0.25) is 0 Å². The summed E-state index contributed by atoms with van der Waals surface area (Å²) in [4.78, 5) is 28.4. The third-order valence-corrected chi connectivity index (χ3v) is 8.90. The molecule has 0 saturated carbocycles. The van der Waals surface area contributed by atoms with Gasteiger partial charge in [0.05, 0.1) is 37.6 Å². The van der Waals surface area contributed by atoms with Crippen LogP contribution in [0.1, 0.15) is 43.1 Å². The Balaban J connectivity index is 1.47. The molecule has 13 heteroatoms. The average Bonchev–Trinajstić information content (AvgIpc) is 3.50. The van der Waals surface area contributed by atoms with Gasteiger partial charge in [0.1, 0.15) is 22.1 Å². The Morgan fingerprint density at radius 1 is 1.14 bits per heavy atom. The summed E-state index contributed by atoms with van der Waals surface area (Å²) in [5.41, 5.74) is 1.15. The summed E-state index contributed by atoms with van der Waals surface area (Å²) in [6, 6.07) is 11.7. The van der Waals surface area contributed by atoms with Crippen molar-refractivity contribution in [2.45, 2.75) is 56.9 Å². The number of carbonyl (C=O) groups is 2. The van der Waals surface area contributed by atoms with Crippen LogP contribution in [0, 0.1) is 0 Å². The maximum absolute atomic E-state index is 13.6. The normalized spacial score (nSPS) is 20.5. The van der Waals surface area contributed by atoms with E-state index in [0.717, 1.165) is 5.56 Å². The van der Waals surface area contributed by atoms with E-state index in [-0.39, 0.29) is 49.7 Å². The number of benzene rings is 2. The SMILES string of the molecule is CCN1CC(=O)N[C@H]2CN(S(=O)(=O)c3cn[nH]c3)CC[C@@H]2OCc2cccc(c2)Oc2cc(OC(C)C)cc(c2)C1=O. The van der Waals surface area contributed by atoms with Crippen molar-refractivity contribution in [3.63, 3.8) is 0 Å². The summed E-state index contributed by atoms with van der Waals surface area (Å²) >= 11 is 0. The predicted octanol–water partition coefficient (Wildman–Crippen LogP) is 2.93. The molecule has 1 fully saturated rings. The number of hydrogen-bond acceptors (Lipinski definition) is 8. The highest BCUT2D eigenvalue weighted by Gasteiger charge is 2.37. The van der Waals surface area contributed by atoms with Crippen LogP contribution in [-0.4, -0.2) is 84.1 Å². The standard InChI is InChI=1S/C29H35N5O7S/c1-4-33-17-28(35)32-26-16-34(42(37,38)25-14-30-31-15-25)9-8-27(26)39-18-20-6-5-7-22(10-20)41-24-12-21(29(33)36)11-23(13-24)40-19(2)3/h5-7,10-15,19,26-27H,4,8-9,16-18H2,1-3H3,(H,30,31)(H,32,35)/t26-,27-/m0/s1. The van der Waals surface area contributed by atoms with Crippen molar-refractivity contribution >= 4 is 21.8 Å². The lowest BCUT2D eigenvalue weighted by Crippen LogP contribution is -2.58. The lowest BCUT2D eigenvalue weighted by atomic mass is 10.0. The van der Waals surface area contributed by atoms with Gasteiger partial charge >= 0.3 is 0 Å². The van der Waals surface area contributed by atoms with Gasteiger partial charge in [0, 0.05) is 37.5 Å². The van der Waals surface area contributed by atoms with E-state index in [9.17, 15) is 18.0 Å². The molecule has 224 valence electrons. The lowest BCUT2D eigenvalue weighted by molar-refractivity contribution is -0.124. The maximum atomic E-state index is 13.6. The molecule has 3 aromatic rings. The number of carbonyl (C=O) groups excluding carboxylic acids is 2. The van der Waals surface area contributed by atoms with Gasteiger partial charge in [-0.2, -0.15) is 9.40 Å². The largest absolute Gasteiger partial charge is 0.491 e. The highest BCUT2D eigenvalue weighted by Crippen LogP contribution is 2.30. The first kappa shape index (κ1) is 29.5. The number of piperidine rings is 1. The Kier molecular flexibility index (Phi) is 8.80.